The normalized spacial score (nSPS) is 39.0. The molecule has 1 aliphatic heterocycles. The summed E-state index contributed by atoms with van der Waals surface area (Å²) in [6.45, 7) is 9.81. The van der Waals surface area contributed by atoms with Crippen molar-refractivity contribution in [3.8, 4) is 0 Å². The molecule has 10 atom stereocenters. The Labute approximate surface area is 271 Å². The van der Waals surface area contributed by atoms with Gasteiger partial charge in [0.15, 0.2) is 0 Å². The van der Waals surface area contributed by atoms with Gasteiger partial charge >= 0.3 is 0 Å². The largest absolute Gasteiger partial charge is 0.393 e. The number of aliphatic hydroxyl groups excluding tert-OH is 2. The highest BCUT2D eigenvalue weighted by atomic mass is 16.3. The van der Waals surface area contributed by atoms with E-state index in [1.54, 1.807) is 0 Å². The molecule has 1 saturated heterocycles. The molecule has 3 N–H and O–H groups in total. The average Bonchev–Trinajstić information content (AvgIpc) is 3.35. The molecular formula is C38H59N3O4. The van der Waals surface area contributed by atoms with E-state index >= 15 is 0 Å². The van der Waals surface area contributed by atoms with Crippen LogP contribution in [0.4, 0.5) is 0 Å². The lowest BCUT2D eigenvalue weighted by Gasteiger charge is -2.62. The van der Waals surface area contributed by atoms with Gasteiger partial charge in [0.1, 0.15) is 6.04 Å². The fourth-order valence-electron chi connectivity index (χ4n) is 11.0. The fraction of sp³-hybridized carbons (Fsp3) is 0.789. The molecule has 5 fully saturated rings. The summed E-state index contributed by atoms with van der Waals surface area (Å²) in [6, 6.07) is 9.56. The number of benzene rings is 1. The SMILES string of the molecule is CCCCCC(=O)N[C@@H](Cc1ccccc1)C(=O)N1CCN([C@H]2C[C@@]3(C)[C@@H](CC[C@@H]4[C@@H]3CC[C@]3(C)[C@@H](O)CC[C@@H]43)C[C@@H]2O)CC1. The minimum Gasteiger partial charge on any atom is -0.393 e. The number of carbonyl (C=O) groups is 2. The first-order valence-corrected chi connectivity index (χ1v) is 18.4. The predicted molar refractivity (Wildman–Crippen MR) is 177 cm³/mol. The van der Waals surface area contributed by atoms with Crippen LogP contribution in [-0.4, -0.2) is 82.3 Å². The van der Waals surface area contributed by atoms with Crippen molar-refractivity contribution >= 4 is 11.8 Å². The third kappa shape index (κ3) is 6.47. The number of hydrogen-bond acceptors (Lipinski definition) is 5. The van der Waals surface area contributed by atoms with E-state index in [4.69, 9.17) is 0 Å². The molecule has 7 nitrogen and oxygen atoms in total. The van der Waals surface area contributed by atoms with Crippen LogP contribution in [0.15, 0.2) is 30.3 Å². The van der Waals surface area contributed by atoms with E-state index in [1.807, 2.05) is 35.2 Å². The molecule has 2 amide bonds. The number of piperazine rings is 1. The first-order chi connectivity index (χ1) is 21.6. The summed E-state index contributed by atoms with van der Waals surface area (Å²) < 4.78 is 0. The van der Waals surface area contributed by atoms with Crippen molar-refractivity contribution in [3.63, 3.8) is 0 Å². The Morgan fingerprint density at radius 3 is 2.40 bits per heavy atom. The highest BCUT2D eigenvalue weighted by Gasteiger charge is 2.61. The standard InChI is InChI=1S/C38H59N3O4/c1-4-5-7-12-35(44)39-31(23-26-10-8-6-9-11-26)36(45)41-21-19-40(20-22-41)32-25-38(3)27(24-33(32)42)13-14-28-29-15-16-34(43)37(29,2)18-17-30(28)38/h6,8-11,27-34,42-43H,4-5,7,12-25H2,1-3H3,(H,39,44)/t27-,28-,29-,30-,31-,32-,33-,34-,37-,38-/m0/s1. The number of nitrogens with zero attached hydrogens (tertiary/aromatic N) is 2. The smallest absolute Gasteiger partial charge is 0.245 e. The van der Waals surface area contributed by atoms with Crippen LogP contribution in [0.3, 0.4) is 0 Å². The van der Waals surface area contributed by atoms with Crippen LogP contribution in [0.25, 0.3) is 0 Å². The molecule has 0 radical (unpaired) electrons. The van der Waals surface area contributed by atoms with E-state index in [-0.39, 0.29) is 40.9 Å². The van der Waals surface area contributed by atoms with Crippen molar-refractivity contribution < 1.29 is 19.8 Å². The number of unbranched alkanes of at least 4 members (excludes halogenated alkanes) is 2. The van der Waals surface area contributed by atoms with Crippen LogP contribution < -0.4 is 5.32 Å². The van der Waals surface area contributed by atoms with Crippen molar-refractivity contribution in [3.05, 3.63) is 35.9 Å². The zero-order valence-corrected chi connectivity index (χ0v) is 28.1. The summed E-state index contributed by atoms with van der Waals surface area (Å²) in [5.41, 5.74) is 1.36. The lowest BCUT2D eigenvalue weighted by Crippen LogP contribution is -2.63. The van der Waals surface area contributed by atoms with Crippen LogP contribution in [0, 0.1) is 34.5 Å². The number of nitrogens with one attached hydrogen (secondary N) is 1. The third-order valence-corrected chi connectivity index (χ3v) is 13.7. The summed E-state index contributed by atoms with van der Waals surface area (Å²) >= 11 is 0. The first kappa shape index (κ1) is 33.0. The Kier molecular flexibility index (Phi) is 9.99. The zero-order chi connectivity index (χ0) is 31.8. The fourth-order valence-corrected chi connectivity index (χ4v) is 11.0. The lowest BCUT2D eigenvalue weighted by molar-refractivity contribution is -0.157. The number of hydrogen-bond donors (Lipinski definition) is 3. The average molecular weight is 622 g/mol. The molecule has 0 bridgehead atoms. The van der Waals surface area contributed by atoms with Crippen LogP contribution in [0.2, 0.25) is 0 Å². The van der Waals surface area contributed by atoms with E-state index in [9.17, 15) is 19.8 Å². The minimum atomic E-state index is -0.557. The number of carbonyl (C=O) groups excluding carboxylic acids is 2. The Bertz CT molecular complexity index is 1170. The first-order valence-electron chi connectivity index (χ1n) is 18.4. The van der Waals surface area contributed by atoms with Crippen LogP contribution in [0.1, 0.15) is 103 Å². The second kappa shape index (κ2) is 13.6. The van der Waals surface area contributed by atoms with Crippen molar-refractivity contribution in [2.24, 2.45) is 34.5 Å². The number of aliphatic hydroxyl groups is 2. The van der Waals surface area contributed by atoms with Crippen molar-refractivity contribution in [2.75, 3.05) is 26.2 Å². The maximum absolute atomic E-state index is 13.9. The molecule has 4 aliphatic carbocycles. The summed E-state index contributed by atoms with van der Waals surface area (Å²) in [5.74, 6) is 2.56. The maximum atomic E-state index is 13.9. The van der Waals surface area contributed by atoms with Gasteiger partial charge in [0.05, 0.1) is 12.2 Å². The quantitative estimate of drug-likeness (QED) is 0.331. The summed E-state index contributed by atoms with van der Waals surface area (Å²) in [4.78, 5) is 31.1. The third-order valence-electron chi connectivity index (χ3n) is 13.7. The van der Waals surface area contributed by atoms with E-state index < -0.39 is 6.04 Å². The van der Waals surface area contributed by atoms with Gasteiger partial charge in [0.25, 0.3) is 0 Å². The predicted octanol–water partition coefficient (Wildman–Crippen LogP) is 5.18. The van der Waals surface area contributed by atoms with Crippen molar-refractivity contribution in [1.82, 2.24) is 15.1 Å². The molecule has 0 unspecified atom stereocenters. The van der Waals surface area contributed by atoms with E-state index in [0.29, 0.717) is 49.6 Å². The molecule has 7 heteroatoms. The van der Waals surface area contributed by atoms with E-state index in [0.717, 1.165) is 63.6 Å². The number of fused-ring (bicyclic) bond motifs is 5. The number of amides is 2. The summed E-state index contributed by atoms with van der Waals surface area (Å²) in [6.07, 6.45) is 12.3. The van der Waals surface area contributed by atoms with Crippen LogP contribution >= 0.6 is 0 Å². The molecule has 5 aliphatic rings. The molecule has 1 aromatic rings. The van der Waals surface area contributed by atoms with E-state index in [1.165, 1.54) is 25.7 Å². The van der Waals surface area contributed by atoms with Crippen molar-refractivity contribution in [1.29, 1.82) is 0 Å². The minimum absolute atomic E-state index is 0.0118. The van der Waals surface area contributed by atoms with Gasteiger partial charge in [-0.3, -0.25) is 14.5 Å². The Balaban J connectivity index is 1.10. The van der Waals surface area contributed by atoms with Gasteiger partial charge in [-0.25, -0.2) is 0 Å². The second-order valence-electron chi connectivity index (χ2n) is 16.0. The van der Waals surface area contributed by atoms with Gasteiger partial charge in [-0.15, -0.1) is 0 Å². The highest BCUT2D eigenvalue weighted by Crippen LogP contribution is 2.66. The van der Waals surface area contributed by atoms with Gasteiger partial charge in [-0.2, -0.15) is 0 Å². The molecule has 0 aromatic heterocycles. The lowest BCUT2D eigenvalue weighted by atomic mass is 9.44. The molecule has 4 saturated carbocycles. The Morgan fingerprint density at radius 2 is 1.67 bits per heavy atom. The molecule has 0 spiro atoms. The zero-order valence-electron chi connectivity index (χ0n) is 28.1. The van der Waals surface area contributed by atoms with Gasteiger partial charge in [-0.05, 0) is 97.9 Å². The Morgan fingerprint density at radius 1 is 0.933 bits per heavy atom. The molecule has 1 aromatic carbocycles. The van der Waals surface area contributed by atoms with Gasteiger partial charge in [0.2, 0.25) is 11.8 Å². The molecule has 45 heavy (non-hydrogen) atoms. The summed E-state index contributed by atoms with van der Waals surface area (Å²) in [5, 5.41) is 25.5. The van der Waals surface area contributed by atoms with Gasteiger partial charge in [-0.1, -0.05) is 63.9 Å². The second-order valence-corrected chi connectivity index (χ2v) is 16.0. The Hall–Kier alpha value is -1.96. The van der Waals surface area contributed by atoms with Gasteiger partial charge in [0, 0.05) is 45.1 Å². The molecule has 1 heterocycles. The molecular weight excluding hydrogens is 562 g/mol. The van der Waals surface area contributed by atoms with Gasteiger partial charge < -0.3 is 20.4 Å². The topological polar surface area (TPSA) is 93.1 Å². The van der Waals surface area contributed by atoms with E-state index in [2.05, 4.69) is 31.0 Å². The van der Waals surface area contributed by atoms with Crippen molar-refractivity contribution in [2.45, 2.75) is 129 Å². The highest BCUT2D eigenvalue weighted by molar-refractivity contribution is 5.88. The summed E-state index contributed by atoms with van der Waals surface area (Å²) in [7, 11) is 0. The van der Waals surface area contributed by atoms with Crippen LogP contribution in [-0.2, 0) is 16.0 Å². The number of rotatable bonds is 9. The van der Waals surface area contributed by atoms with Crippen LogP contribution in [0.5, 0.6) is 0 Å². The molecule has 6 rings (SSSR count). The molecule has 250 valence electrons. The maximum Gasteiger partial charge on any atom is 0.245 e. The monoisotopic (exact) mass is 621 g/mol.